The number of piperazine rings is 1. The number of imidazole rings is 1. The summed E-state index contributed by atoms with van der Waals surface area (Å²) in [4.78, 5) is 21.9. The molecule has 0 spiro atoms. The van der Waals surface area contributed by atoms with Crippen LogP contribution in [-0.4, -0.2) is 53.5 Å². The van der Waals surface area contributed by atoms with E-state index in [1.54, 1.807) is 7.11 Å². The number of para-hydroxylation sites is 1. The number of aryl methyl sites for hydroxylation is 1. The molecular weight excluding hydrogens is 328 g/mol. The van der Waals surface area contributed by atoms with Gasteiger partial charge in [0.1, 0.15) is 5.69 Å². The van der Waals surface area contributed by atoms with Gasteiger partial charge in [-0.2, -0.15) is 0 Å². The van der Waals surface area contributed by atoms with Gasteiger partial charge in [0, 0.05) is 38.1 Å². The number of nitrogens with zero attached hydrogens (tertiary/aromatic N) is 4. The molecule has 0 N–H and O–H groups in total. The van der Waals surface area contributed by atoms with Crippen molar-refractivity contribution < 1.29 is 9.53 Å². The summed E-state index contributed by atoms with van der Waals surface area (Å²) in [6, 6.07) is 14.1. The number of methoxy groups -OCH3 is 1. The SMILES string of the molecule is COc1cccn2c(C(=O)N3CCN(c4ccccc4)CC3)c(C)nc12. The monoisotopic (exact) mass is 350 g/mol. The molecule has 3 aromatic rings. The molecule has 6 heteroatoms. The van der Waals surface area contributed by atoms with Crippen molar-refractivity contribution in [2.75, 3.05) is 38.2 Å². The van der Waals surface area contributed by atoms with Crippen LogP contribution in [0.4, 0.5) is 5.69 Å². The number of carbonyl (C=O) groups is 1. The molecule has 0 bridgehead atoms. The number of carbonyl (C=O) groups excluding carboxylic acids is 1. The van der Waals surface area contributed by atoms with Crippen LogP contribution < -0.4 is 9.64 Å². The number of hydrogen-bond acceptors (Lipinski definition) is 4. The Hall–Kier alpha value is -3.02. The van der Waals surface area contributed by atoms with Crippen LogP contribution in [0.5, 0.6) is 5.75 Å². The third-order valence-corrected chi connectivity index (χ3v) is 4.90. The highest BCUT2D eigenvalue weighted by Crippen LogP contribution is 2.23. The molecule has 1 aliphatic heterocycles. The van der Waals surface area contributed by atoms with Gasteiger partial charge in [-0.05, 0) is 31.2 Å². The van der Waals surface area contributed by atoms with E-state index in [1.807, 2.05) is 52.8 Å². The Balaban J connectivity index is 1.56. The van der Waals surface area contributed by atoms with Gasteiger partial charge in [0.15, 0.2) is 11.4 Å². The van der Waals surface area contributed by atoms with E-state index in [4.69, 9.17) is 4.74 Å². The average Bonchev–Trinajstić information content (AvgIpc) is 3.04. The second kappa shape index (κ2) is 6.71. The van der Waals surface area contributed by atoms with E-state index in [-0.39, 0.29) is 5.91 Å². The van der Waals surface area contributed by atoms with E-state index >= 15 is 0 Å². The molecule has 4 rings (SSSR count). The summed E-state index contributed by atoms with van der Waals surface area (Å²) in [7, 11) is 1.61. The first-order valence-electron chi connectivity index (χ1n) is 8.80. The lowest BCUT2D eigenvalue weighted by Gasteiger charge is -2.36. The maximum atomic E-state index is 13.1. The van der Waals surface area contributed by atoms with E-state index < -0.39 is 0 Å². The van der Waals surface area contributed by atoms with Gasteiger partial charge in [0.25, 0.3) is 5.91 Å². The third-order valence-electron chi connectivity index (χ3n) is 4.90. The molecule has 1 fully saturated rings. The number of benzene rings is 1. The van der Waals surface area contributed by atoms with Crippen molar-refractivity contribution in [3.63, 3.8) is 0 Å². The number of fused-ring (bicyclic) bond motifs is 1. The second-order valence-corrected chi connectivity index (χ2v) is 6.43. The highest BCUT2D eigenvalue weighted by molar-refractivity contribution is 5.95. The van der Waals surface area contributed by atoms with Crippen molar-refractivity contribution in [3.05, 3.63) is 60.0 Å². The quantitative estimate of drug-likeness (QED) is 0.729. The van der Waals surface area contributed by atoms with Crippen LogP contribution >= 0.6 is 0 Å². The van der Waals surface area contributed by atoms with E-state index in [1.165, 1.54) is 5.69 Å². The molecule has 26 heavy (non-hydrogen) atoms. The molecule has 0 saturated carbocycles. The molecule has 0 unspecified atom stereocenters. The summed E-state index contributed by atoms with van der Waals surface area (Å²) >= 11 is 0. The Labute approximate surface area is 152 Å². The van der Waals surface area contributed by atoms with Crippen LogP contribution in [0.1, 0.15) is 16.2 Å². The minimum absolute atomic E-state index is 0.0240. The van der Waals surface area contributed by atoms with Crippen LogP contribution in [-0.2, 0) is 0 Å². The van der Waals surface area contributed by atoms with Gasteiger partial charge in [-0.3, -0.25) is 9.20 Å². The fraction of sp³-hybridized carbons (Fsp3) is 0.300. The van der Waals surface area contributed by atoms with Crippen LogP contribution in [0.3, 0.4) is 0 Å². The van der Waals surface area contributed by atoms with Crippen molar-refractivity contribution in [3.8, 4) is 5.75 Å². The van der Waals surface area contributed by atoms with Gasteiger partial charge in [0.2, 0.25) is 0 Å². The first-order chi connectivity index (χ1) is 12.7. The van der Waals surface area contributed by atoms with Gasteiger partial charge in [0.05, 0.1) is 12.8 Å². The van der Waals surface area contributed by atoms with Gasteiger partial charge in [-0.1, -0.05) is 18.2 Å². The number of pyridine rings is 1. The zero-order chi connectivity index (χ0) is 18.1. The van der Waals surface area contributed by atoms with Gasteiger partial charge in [-0.15, -0.1) is 0 Å². The molecule has 1 saturated heterocycles. The Morgan fingerprint density at radius 2 is 1.77 bits per heavy atom. The average molecular weight is 350 g/mol. The number of ether oxygens (including phenoxy) is 1. The smallest absolute Gasteiger partial charge is 0.272 e. The minimum Gasteiger partial charge on any atom is -0.493 e. The van der Waals surface area contributed by atoms with Crippen LogP contribution in [0, 0.1) is 6.92 Å². The highest BCUT2D eigenvalue weighted by Gasteiger charge is 2.26. The first kappa shape index (κ1) is 16.4. The molecule has 1 aliphatic rings. The largest absolute Gasteiger partial charge is 0.493 e. The minimum atomic E-state index is 0.0240. The maximum absolute atomic E-state index is 13.1. The lowest BCUT2D eigenvalue weighted by molar-refractivity contribution is 0.0739. The normalized spacial score (nSPS) is 14.7. The third kappa shape index (κ3) is 2.77. The number of amides is 1. The lowest BCUT2D eigenvalue weighted by Crippen LogP contribution is -2.49. The standard InChI is InChI=1S/C20H22N4O2/c1-15-18(24-10-6-9-17(26-2)19(24)21-15)20(25)23-13-11-22(12-14-23)16-7-4-3-5-8-16/h3-10H,11-14H2,1-2H3. The molecule has 134 valence electrons. The molecule has 0 radical (unpaired) electrons. The molecule has 1 amide bonds. The molecule has 6 nitrogen and oxygen atoms in total. The fourth-order valence-corrected chi connectivity index (χ4v) is 3.53. The van der Waals surface area contributed by atoms with E-state index in [0.717, 1.165) is 18.8 Å². The Kier molecular flexibility index (Phi) is 4.24. The predicted molar refractivity (Wildman–Crippen MR) is 101 cm³/mol. The van der Waals surface area contributed by atoms with Crippen LogP contribution in [0.2, 0.25) is 0 Å². The Morgan fingerprint density at radius 3 is 2.46 bits per heavy atom. The zero-order valence-electron chi connectivity index (χ0n) is 15.1. The summed E-state index contributed by atoms with van der Waals surface area (Å²) in [5, 5.41) is 0. The van der Waals surface area contributed by atoms with Gasteiger partial charge in [-0.25, -0.2) is 4.98 Å². The van der Waals surface area contributed by atoms with Crippen molar-refractivity contribution in [1.29, 1.82) is 0 Å². The number of aromatic nitrogens is 2. The second-order valence-electron chi connectivity index (χ2n) is 6.43. The summed E-state index contributed by atoms with van der Waals surface area (Å²) in [6.07, 6.45) is 1.87. The number of rotatable bonds is 3. The summed E-state index contributed by atoms with van der Waals surface area (Å²) in [5.74, 6) is 0.694. The molecular formula is C20H22N4O2. The van der Waals surface area contributed by atoms with Crippen LogP contribution in [0.25, 0.3) is 5.65 Å². The zero-order valence-corrected chi connectivity index (χ0v) is 15.1. The first-order valence-corrected chi connectivity index (χ1v) is 8.80. The van der Waals surface area contributed by atoms with E-state index in [2.05, 4.69) is 22.0 Å². The van der Waals surface area contributed by atoms with Crippen molar-refractivity contribution >= 4 is 17.2 Å². The summed E-state index contributed by atoms with van der Waals surface area (Å²) < 4.78 is 7.20. The maximum Gasteiger partial charge on any atom is 0.272 e. The topological polar surface area (TPSA) is 50.1 Å². The van der Waals surface area contributed by atoms with E-state index in [0.29, 0.717) is 30.2 Å². The van der Waals surface area contributed by atoms with Crippen molar-refractivity contribution in [1.82, 2.24) is 14.3 Å². The van der Waals surface area contributed by atoms with Crippen molar-refractivity contribution in [2.24, 2.45) is 0 Å². The van der Waals surface area contributed by atoms with Crippen molar-refractivity contribution in [2.45, 2.75) is 6.92 Å². The lowest BCUT2D eigenvalue weighted by atomic mass is 10.2. The molecule has 0 atom stereocenters. The molecule has 0 aliphatic carbocycles. The summed E-state index contributed by atoms with van der Waals surface area (Å²) in [5.41, 5.74) is 3.23. The van der Waals surface area contributed by atoms with Gasteiger partial charge < -0.3 is 14.5 Å². The summed E-state index contributed by atoms with van der Waals surface area (Å²) in [6.45, 7) is 4.93. The van der Waals surface area contributed by atoms with Gasteiger partial charge >= 0.3 is 0 Å². The fourth-order valence-electron chi connectivity index (χ4n) is 3.53. The Bertz CT molecular complexity index is 928. The predicted octanol–water partition coefficient (Wildman–Crippen LogP) is 2.61. The molecule has 3 heterocycles. The number of anilines is 1. The molecule has 2 aromatic heterocycles. The Morgan fingerprint density at radius 1 is 1.04 bits per heavy atom. The van der Waals surface area contributed by atoms with E-state index in [9.17, 15) is 4.79 Å². The molecule has 1 aromatic carbocycles. The highest BCUT2D eigenvalue weighted by atomic mass is 16.5. The van der Waals surface area contributed by atoms with Crippen LogP contribution in [0.15, 0.2) is 48.7 Å². The number of hydrogen-bond donors (Lipinski definition) is 0.